The van der Waals surface area contributed by atoms with E-state index in [1.165, 1.54) is 4.90 Å². The minimum Gasteiger partial charge on any atom is -0.319 e. The van der Waals surface area contributed by atoms with Gasteiger partial charge >= 0.3 is 6.03 Å². The van der Waals surface area contributed by atoms with E-state index in [1.807, 2.05) is 68.4 Å². The van der Waals surface area contributed by atoms with Crippen molar-refractivity contribution in [3.05, 3.63) is 71.3 Å². The van der Waals surface area contributed by atoms with Crippen LogP contribution in [0.5, 0.6) is 0 Å². The second-order valence-corrected chi connectivity index (χ2v) is 5.94. The maximum Gasteiger partial charge on any atom is 0.325 e. The Morgan fingerprint density at radius 3 is 2.43 bits per heavy atom. The van der Waals surface area contributed by atoms with Gasteiger partial charge in [0.1, 0.15) is 5.54 Å². The maximum absolute atomic E-state index is 13.0. The smallest absolute Gasteiger partial charge is 0.319 e. The second kappa shape index (κ2) is 5.88. The summed E-state index contributed by atoms with van der Waals surface area (Å²) in [6, 6.07) is 17.0. The van der Waals surface area contributed by atoms with E-state index in [-0.39, 0.29) is 11.9 Å². The van der Waals surface area contributed by atoms with Crippen LogP contribution in [0.4, 0.5) is 4.79 Å². The average molecular weight is 308 g/mol. The molecule has 1 N–H and O–H groups in total. The third-order valence-electron chi connectivity index (χ3n) is 4.40. The first-order chi connectivity index (χ1) is 11.1. The highest BCUT2D eigenvalue weighted by Crippen LogP contribution is 2.33. The van der Waals surface area contributed by atoms with Crippen LogP contribution in [0, 0.1) is 6.92 Å². The number of hydrogen-bond acceptors (Lipinski definition) is 2. The SMILES string of the molecule is CC[C@@]1(c2ccccc2)NC(=O)N(Cc2cccc(C)c2)C1=O. The Bertz CT molecular complexity index is 742. The van der Waals surface area contributed by atoms with Crippen molar-refractivity contribution in [2.75, 3.05) is 0 Å². The van der Waals surface area contributed by atoms with Crippen molar-refractivity contribution in [1.29, 1.82) is 0 Å². The van der Waals surface area contributed by atoms with Gasteiger partial charge in [0.15, 0.2) is 0 Å². The van der Waals surface area contributed by atoms with E-state index in [2.05, 4.69) is 5.32 Å². The molecule has 1 fully saturated rings. The van der Waals surface area contributed by atoms with Crippen LogP contribution < -0.4 is 5.32 Å². The van der Waals surface area contributed by atoms with Crippen molar-refractivity contribution in [2.45, 2.75) is 32.4 Å². The number of nitrogens with zero attached hydrogens (tertiary/aromatic N) is 1. The van der Waals surface area contributed by atoms with Gasteiger partial charge in [-0.25, -0.2) is 4.79 Å². The molecule has 1 heterocycles. The maximum atomic E-state index is 13.0. The summed E-state index contributed by atoms with van der Waals surface area (Å²) in [5, 5.41) is 2.91. The number of amides is 3. The number of rotatable bonds is 4. The van der Waals surface area contributed by atoms with Crippen molar-refractivity contribution >= 4 is 11.9 Å². The molecule has 1 aliphatic heterocycles. The molecule has 4 heteroatoms. The summed E-state index contributed by atoms with van der Waals surface area (Å²) in [6.45, 7) is 4.21. The van der Waals surface area contributed by atoms with Crippen LogP contribution in [0.2, 0.25) is 0 Å². The molecule has 0 aromatic heterocycles. The molecule has 2 aromatic rings. The summed E-state index contributed by atoms with van der Waals surface area (Å²) < 4.78 is 0. The molecular formula is C19H20N2O2. The van der Waals surface area contributed by atoms with E-state index in [9.17, 15) is 9.59 Å². The largest absolute Gasteiger partial charge is 0.325 e. The predicted molar refractivity (Wildman–Crippen MR) is 88.7 cm³/mol. The van der Waals surface area contributed by atoms with Crippen molar-refractivity contribution in [3.63, 3.8) is 0 Å². The summed E-state index contributed by atoms with van der Waals surface area (Å²) in [7, 11) is 0. The van der Waals surface area contributed by atoms with E-state index in [1.54, 1.807) is 0 Å². The molecule has 2 aromatic carbocycles. The van der Waals surface area contributed by atoms with Gasteiger partial charge in [0.2, 0.25) is 0 Å². The Morgan fingerprint density at radius 1 is 1.04 bits per heavy atom. The number of hydrogen-bond donors (Lipinski definition) is 1. The fourth-order valence-corrected chi connectivity index (χ4v) is 3.12. The van der Waals surface area contributed by atoms with E-state index in [4.69, 9.17) is 0 Å². The standard InChI is InChI=1S/C19H20N2O2/c1-3-19(16-10-5-4-6-11-16)17(22)21(18(23)20-19)13-15-9-7-8-14(2)12-15/h4-12H,3,13H2,1-2H3,(H,20,23)/t19-/m0/s1. The predicted octanol–water partition coefficient (Wildman–Crippen LogP) is 3.35. The number of aryl methyl sites for hydroxylation is 1. The Hall–Kier alpha value is -2.62. The highest BCUT2D eigenvalue weighted by atomic mass is 16.2. The molecule has 118 valence electrons. The van der Waals surface area contributed by atoms with Gasteiger partial charge in [-0.3, -0.25) is 9.69 Å². The van der Waals surface area contributed by atoms with Gasteiger partial charge in [-0.2, -0.15) is 0 Å². The van der Waals surface area contributed by atoms with E-state index in [0.29, 0.717) is 13.0 Å². The molecule has 3 rings (SSSR count). The minimum atomic E-state index is -0.956. The van der Waals surface area contributed by atoms with Gasteiger partial charge in [0.05, 0.1) is 6.54 Å². The van der Waals surface area contributed by atoms with Gasteiger partial charge in [-0.1, -0.05) is 67.1 Å². The first kappa shape index (κ1) is 15.3. The van der Waals surface area contributed by atoms with Crippen LogP contribution in [0.25, 0.3) is 0 Å². The number of carbonyl (C=O) groups is 2. The highest BCUT2D eigenvalue weighted by Gasteiger charge is 2.50. The van der Waals surface area contributed by atoms with Crippen LogP contribution in [0.15, 0.2) is 54.6 Å². The Morgan fingerprint density at radius 2 is 1.78 bits per heavy atom. The number of benzene rings is 2. The summed E-state index contributed by atoms with van der Waals surface area (Å²) in [5.41, 5.74) is 1.93. The van der Waals surface area contributed by atoms with E-state index < -0.39 is 5.54 Å². The second-order valence-electron chi connectivity index (χ2n) is 5.94. The van der Waals surface area contributed by atoms with Crippen molar-refractivity contribution < 1.29 is 9.59 Å². The lowest BCUT2D eigenvalue weighted by molar-refractivity contribution is -0.132. The number of nitrogens with one attached hydrogen (secondary N) is 1. The Kier molecular flexibility index (Phi) is 3.90. The third-order valence-corrected chi connectivity index (χ3v) is 4.40. The monoisotopic (exact) mass is 308 g/mol. The molecule has 0 spiro atoms. The fourth-order valence-electron chi connectivity index (χ4n) is 3.12. The minimum absolute atomic E-state index is 0.183. The summed E-state index contributed by atoms with van der Waals surface area (Å²) in [5.74, 6) is -0.183. The van der Waals surface area contributed by atoms with E-state index >= 15 is 0 Å². The van der Waals surface area contributed by atoms with Gasteiger partial charge in [0, 0.05) is 0 Å². The van der Waals surface area contributed by atoms with Crippen LogP contribution in [-0.2, 0) is 16.9 Å². The highest BCUT2D eigenvalue weighted by molar-refractivity contribution is 6.07. The third kappa shape index (κ3) is 2.61. The van der Waals surface area contributed by atoms with E-state index in [0.717, 1.165) is 16.7 Å². The molecule has 0 saturated carbocycles. The molecule has 0 bridgehead atoms. The lowest BCUT2D eigenvalue weighted by Gasteiger charge is -2.25. The molecule has 0 radical (unpaired) electrons. The van der Waals surface area contributed by atoms with Crippen molar-refractivity contribution in [1.82, 2.24) is 10.2 Å². The topological polar surface area (TPSA) is 49.4 Å². The normalized spacial score (nSPS) is 20.7. The molecule has 1 atom stereocenters. The lowest BCUT2D eigenvalue weighted by Crippen LogP contribution is -2.43. The zero-order valence-corrected chi connectivity index (χ0v) is 13.4. The van der Waals surface area contributed by atoms with Crippen LogP contribution >= 0.6 is 0 Å². The lowest BCUT2D eigenvalue weighted by atomic mass is 9.87. The Labute approximate surface area is 136 Å². The molecular weight excluding hydrogens is 288 g/mol. The van der Waals surface area contributed by atoms with Crippen LogP contribution in [0.3, 0.4) is 0 Å². The zero-order valence-electron chi connectivity index (χ0n) is 13.4. The van der Waals surface area contributed by atoms with Gasteiger partial charge in [-0.05, 0) is 24.5 Å². The average Bonchev–Trinajstić information content (AvgIpc) is 2.81. The fraction of sp³-hybridized carbons (Fsp3) is 0.263. The quantitative estimate of drug-likeness (QED) is 0.881. The zero-order chi connectivity index (χ0) is 16.4. The summed E-state index contributed by atoms with van der Waals surface area (Å²) in [4.78, 5) is 26.7. The van der Waals surface area contributed by atoms with Crippen molar-refractivity contribution in [3.8, 4) is 0 Å². The molecule has 1 aliphatic rings. The first-order valence-corrected chi connectivity index (χ1v) is 7.82. The van der Waals surface area contributed by atoms with Gasteiger partial charge in [0.25, 0.3) is 5.91 Å². The molecule has 0 aliphatic carbocycles. The Balaban J connectivity index is 1.93. The van der Waals surface area contributed by atoms with Gasteiger partial charge < -0.3 is 5.32 Å². The molecule has 1 saturated heterocycles. The van der Waals surface area contributed by atoms with Gasteiger partial charge in [-0.15, -0.1) is 0 Å². The molecule has 0 unspecified atom stereocenters. The number of imide groups is 1. The number of urea groups is 1. The van der Waals surface area contributed by atoms with Crippen molar-refractivity contribution in [2.24, 2.45) is 0 Å². The van der Waals surface area contributed by atoms with Crippen LogP contribution in [0.1, 0.15) is 30.0 Å². The summed E-state index contributed by atoms with van der Waals surface area (Å²) >= 11 is 0. The first-order valence-electron chi connectivity index (χ1n) is 7.82. The van der Waals surface area contributed by atoms with Crippen LogP contribution in [-0.4, -0.2) is 16.8 Å². The number of carbonyl (C=O) groups excluding carboxylic acids is 2. The summed E-state index contributed by atoms with van der Waals surface area (Å²) in [6.07, 6.45) is 0.520. The molecule has 3 amide bonds. The molecule has 23 heavy (non-hydrogen) atoms. The molecule has 4 nitrogen and oxygen atoms in total.